The van der Waals surface area contributed by atoms with Crippen molar-refractivity contribution in [1.82, 2.24) is 15.0 Å². The van der Waals surface area contributed by atoms with Gasteiger partial charge in [-0.2, -0.15) is 0 Å². The van der Waals surface area contributed by atoms with Gasteiger partial charge in [-0.3, -0.25) is 9.78 Å². The van der Waals surface area contributed by atoms with Crippen molar-refractivity contribution in [2.24, 2.45) is 0 Å². The van der Waals surface area contributed by atoms with Crippen LogP contribution in [0.3, 0.4) is 0 Å². The lowest BCUT2D eigenvalue weighted by Crippen LogP contribution is -2.13. The summed E-state index contributed by atoms with van der Waals surface area (Å²) < 4.78 is 5.15. The molecule has 0 atom stereocenters. The van der Waals surface area contributed by atoms with Crippen molar-refractivity contribution in [2.75, 3.05) is 12.4 Å². The van der Waals surface area contributed by atoms with Gasteiger partial charge in [-0.25, -0.2) is 9.97 Å². The first-order valence-corrected chi connectivity index (χ1v) is 6.27. The molecule has 1 N–H and O–H groups in total. The fraction of sp³-hybridized carbons (Fsp3) is 0.0667. The van der Waals surface area contributed by atoms with Gasteiger partial charge in [0.2, 0.25) is 0 Å². The zero-order chi connectivity index (χ0) is 14.7. The third kappa shape index (κ3) is 2.79. The normalized spacial score (nSPS) is 10.3. The smallest absolute Gasteiger partial charge is 0.258 e. The van der Waals surface area contributed by atoms with Crippen molar-refractivity contribution in [3.05, 3.63) is 54.6 Å². The van der Waals surface area contributed by atoms with Crippen molar-refractivity contribution in [1.29, 1.82) is 0 Å². The van der Waals surface area contributed by atoms with E-state index in [1.807, 2.05) is 18.2 Å². The summed E-state index contributed by atoms with van der Waals surface area (Å²) in [6, 6.07) is 8.91. The van der Waals surface area contributed by atoms with Gasteiger partial charge in [0, 0.05) is 23.8 Å². The third-order valence-electron chi connectivity index (χ3n) is 2.98. The van der Waals surface area contributed by atoms with Crippen LogP contribution in [0.4, 0.5) is 5.82 Å². The number of anilines is 1. The molecular weight excluding hydrogens is 268 g/mol. The van der Waals surface area contributed by atoms with Gasteiger partial charge in [0.1, 0.15) is 17.9 Å². The molecule has 21 heavy (non-hydrogen) atoms. The largest absolute Gasteiger partial charge is 0.497 e. The van der Waals surface area contributed by atoms with Crippen LogP contribution in [-0.2, 0) is 0 Å². The quantitative estimate of drug-likeness (QED) is 0.796. The molecule has 3 rings (SSSR count). The van der Waals surface area contributed by atoms with Crippen molar-refractivity contribution < 1.29 is 9.53 Å². The predicted octanol–water partition coefficient (Wildman–Crippen LogP) is 2.29. The lowest BCUT2D eigenvalue weighted by atomic mass is 10.1. The highest BCUT2D eigenvalue weighted by molar-refractivity contribution is 6.05. The van der Waals surface area contributed by atoms with E-state index in [0.717, 1.165) is 16.7 Å². The van der Waals surface area contributed by atoms with E-state index < -0.39 is 0 Å². The Balaban J connectivity index is 1.88. The highest BCUT2D eigenvalue weighted by Gasteiger charge is 2.08. The number of pyridine rings is 1. The second-order valence-electron chi connectivity index (χ2n) is 4.33. The van der Waals surface area contributed by atoms with Gasteiger partial charge in [0.15, 0.2) is 0 Å². The van der Waals surface area contributed by atoms with E-state index in [2.05, 4.69) is 20.3 Å². The van der Waals surface area contributed by atoms with Crippen LogP contribution in [0.5, 0.6) is 5.75 Å². The first-order chi connectivity index (χ1) is 10.3. The topological polar surface area (TPSA) is 77.0 Å². The number of methoxy groups -OCH3 is 1. The number of nitrogens with one attached hydrogen (secondary N) is 1. The number of ether oxygens (including phenoxy) is 1. The number of hydrogen-bond donors (Lipinski definition) is 1. The fourth-order valence-electron chi connectivity index (χ4n) is 1.91. The van der Waals surface area contributed by atoms with Crippen LogP contribution in [0.15, 0.2) is 49.1 Å². The molecule has 2 heterocycles. The average molecular weight is 280 g/mol. The fourth-order valence-corrected chi connectivity index (χ4v) is 1.91. The molecule has 0 saturated carbocycles. The highest BCUT2D eigenvalue weighted by Crippen LogP contribution is 2.20. The number of aromatic nitrogens is 3. The molecule has 6 nitrogen and oxygen atoms in total. The van der Waals surface area contributed by atoms with Crippen molar-refractivity contribution in [3.8, 4) is 5.75 Å². The molecule has 1 amide bonds. The van der Waals surface area contributed by atoms with Gasteiger partial charge in [0.05, 0.1) is 18.2 Å². The third-order valence-corrected chi connectivity index (χ3v) is 2.98. The second-order valence-corrected chi connectivity index (χ2v) is 4.33. The molecule has 0 aliphatic carbocycles. The Morgan fingerprint density at radius 2 is 2.10 bits per heavy atom. The molecular formula is C15H12N4O2. The van der Waals surface area contributed by atoms with Gasteiger partial charge in [-0.05, 0) is 24.3 Å². The number of nitrogens with zero attached hydrogens (tertiary/aromatic N) is 3. The molecule has 104 valence electrons. The molecule has 0 radical (unpaired) electrons. The Labute approximate surface area is 120 Å². The summed E-state index contributed by atoms with van der Waals surface area (Å²) in [6.45, 7) is 0. The highest BCUT2D eigenvalue weighted by atomic mass is 16.5. The lowest BCUT2D eigenvalue weighted by molar-refractivity contribution is 0.102. The monoisotopic (exact) mass is 280 g/mol. The summed E-state index contributed by atoms with van der Waals surface area (Å²) in [4.78, 5) is 24.2. The van der Waals surface area contributed by atoms with E-state index in [9.17, 15) is 4.79 Å². The Bertz CT molecular complexity index is 790. The van der Waals surface area contributed by atoms with E-state index in [-0.39, 0.29) is 5.91 Å². The van der Waals surface area contributed by atoms with Gasteiger partial charge >= 0.3 is 0 Å². The molecule has 0 bridgehead atoms. The first-order valence-electron chi connectivity index (χ1n) is 6.27. The Morgan fingerprint density at radius 3 is 2.86 bits per heavy atom. The maximum atomic E-state index is 12.1. The predicted molar refractivity (Wildman–Crippen MR) is 78.3 cm³/mol. The minimum atomic E-state index is -0.265. The summed E-state index contributed by atoms with van der Waals surface area (Å²) in [5.41, 5.74) is 1.24. The molecule has 1 aromatic carbocycles. The Morgan fingerprint density at radius 1 is 1.19 bits per heavy atom. The molecule has 0 aliphatic rings. The number of benzene rings is 1. The van der Waals surface area contributed by atoms with E-state index in [1.165, 1.54) is 12.5 Å². The first kappa shape index (κ1) is 13.0. The van der Waals surface area contributed by atoms with E-state index >= 15 is 0 Å². The standard InChI is InChI=1S/C15H12N4O2/c1-21-12-3-2-10-6-11(8-17-13(10)7-12)15(20)19-14-4-5-16-9-18-14/h2-9H,1H3,(H,16,18,19,20). The van der Waals surface area contributed by atoms with Crippen LogP contribution >= 0.6 is 0 Å². The average Bonchev–Trinajstić information content (AvgIpc) is 2.54. The maximum Gasteiger partial charge on any atom is 0.258 e. The minimum absolute atomic E-state index is 0.265. The second kappa shape index (κ2) is 5.54. The minimum Gasteiger partial charge on any atom is -0.497 e. The van der Waals surface area contributed by atoms with E-state index in [1.54, 1.807) is 25.4 Å². The number of hydrogen-bond acceptors (Lipinski definition) is 5. The van der Waals surface area contributed by atoms with Gasteiger partial charge < -0.3 is 10.1 Å². The van der Waals surface area contributed by atoms with Crippen LogP contribution in [0.25, 0.3) is 10.9 Å². The number of fused-ring (bicyclic) bond motifs is 1. The molecule has 0 aliphatic heterocycles. The van der Waals surface area contributed by atoms with Gasteiger partial charge in [0.25, 0.3) is 5.91 Å². The van der Waals surface area contributed by atoms with E-state index in [0.29, 0.717) is 11.4 Å². The zero-order valence-electron chi connectivity index (χ0n) is 11.3. The number of carbonyl (C=O) groups is 1. The summed E-state index contributed by atoms with van der Waals surface area (Å²) in [6.07, 6.45) is 4.46. The lowest BCUT2D eigenvalue weighted by Gasteiger charge is -2.06. The Kier molecular flexibility index (Phi) is 3.42. The Hall–Kier alpha value is -3.02. The van der Waals surface area contributed by atoms with Crippen LogP contribution in [0.1, 0.15) is 10.4 Å². The number of amides is 1. The molecule has 0 unspecified atom stereocenters. The summed E-state index contributed by atoms with van der Waals surface area (Å²) in [5.74, 6) is 0.914. The summed E-state index contributed by atoms with van der Waals surface area (Å²) in [5, 5.41) is 3.56. The summed E-state index contributed by atoms with van der Waals surface area (Å²) >= 11 is 0. The SMILES string of the molecule is COc1ccc2cc(C(=O)Nc3ccncn3)cnc2c1. The van der Waals surface area contributed by atoms with Crippen LogP contribution in [0, 0.1) is 0 Å². The number of rotatable bonds is 3. The molecule has 0 saturated heterocycles. The van der Waals surface area contributed by atoms with Crippen LogP contribution < -0.4 is 10.1 Å². The molecule has 0 fully saturated rings. The molecule has 6 heteroatoms. The van der Waals surface area contributed by atoms with Crippen molar-refractivity contribution in [3.63, 3.8) is 0 Å². The van der Waals surface area contributed by atoms with Crippen LogP contribution in [0.2, 0.25) is 0 Å². The van der Waals surface area contributed by atoms with Crippen molar-refractivity contribution >= 4 is 22.6 Å². The molecule has 2 aromatic heterocycles. The van der Waals surface area contributed by atoms with E-state index in [4.69, 9.17) is 4.74 Å². The number of carbonyl (C=O) groups excluding carboxylic acids is 1. The zero-order valence-corrected chi connectivity index (χ0v) is 11.3. The van der Waals surface area contributed by atoms with Gasteiger partial charge in [-0.15, -0.1) is 0 Å². The van der Waals surface area contributed by atoms with Crippen molar-refractivity contribution in [2.45, 2.75) is 0 Å². The van der Waals surface area contributed by atoms with Crippen LogP contribution in [-0.4, -0.2) is 28.0 Å². The maximum absolute atomic E-state index is 12.1. The molecule has 0 spiro atoms. The molecule has 3 aromatic rings. The van der Waals surface area contributed by atoms with Gasteiger partial charge in [-0.1, -0.05) is 0 Å². The summed E-state index contributed by atoms with van der Waals surface area (Å²) in [7, 11) is 1.60.